The van der Waals surface area contributed by atoms with Crippen LogP contribution in [-0.2, 0) is 16.1 Å². The van der Waals surface area contributed by atoms with Gasteiger partial charge in [0.1, 0.15) is 0 Å². The first-order valence-corrected chi connectivity index (χ1v) is 10.8. The standard InChI is InChI=1S/C22H35N5O2/c1-4-23-22(27-10-9-20(16-27)26-11-13-29-14-12-26)24-15-18-5-7-19(8-6-18)25-21(28)17(2)3/h5-8,17,20H,4,9-16H2,1-3H3,(H,23,24)(H,25,28). The molecule has 0 aliphatic carbocycles. The van der Waals surface area contributed by atoms with E-state index in [1.54, 1.807) is 0 Å². The number of morpholine rings is 1. The van der Waals surface area contributed by atoms with Crippen molar-refractivity contribution >= 4 is 17.6 Å². The van der Waals surface area contributed by atoms with E-state index >= 15 is 0 Å². The number of likely N-dealkylation sites (tertiary alicyclic amines) is 1. The van der Waals surface area contributed by atoms with E-state index in [1.165, 1.54) is 6.42 Å². The molecule has 2 fully saturated rings. The third kappa shape index (κ3) is 6.18. The average molecular weight is 402 g/mol. The topological polar surface area (TPSA) is 69.2 Å². The molecule has 0 saturated carbocycles. The highest BCUT2D eigenvalue weighted by Crippen LogP contribution is 2.18. The van der Waals surface area contributed by atoms with Crippen molar-refractivity contribution < 1.29 is 9.53 Å². The number of ether oxygens (including phenoxy) is 1. The first-order valence-electron chi connectivity index (χ1n) is 10.8. The van der Waals surface area contributed by atoms with Crippen molar-refractivity contribution in [2.24, 2.45) is 10.9 Å². The maximum absolute atomic E-state index is 11.8. The number of rotatable bonds is 6. The summed E-state index contributed by atoms with van der Waals surface area (Å²) in [6.45, 7) is 13.2. The molecule has 2 aliphatic rings. The maximum atomic E-state index is 11.8. The van der Waals surface area contributed by atoms with Crippen molar-refractivity contribution in [3.8, 4) is 0 Å². The number of guanidine groups is 1. The Labute approximate surface area is 174 Å². The molecule has 1 amide bonds. The molecule has 2 N–H and O–H groups in total. The van der Waals surface area contributed by atoms with Crippen molar-refractivity contribution in [2.75, 3.05) is 51.3 Å². The summed E-state index contributed by atoms with van der Waals surface area (Å²) < 4.78 is 5.49. The van der Waals surface area contributed by atoms with Crippen molar-refractivity contribution in [2.45, 2.75) is 39.8 Å². The molecule has 160 valence electrons. The van der Waals surface area contributed by atoms with Crippen LogP contribution in [0.1, 0.15) is 32.8 Å². The molecule has 2 aliphatic heterocycles. The van der Waals surface area contributed by atoms with E-state index < -0.39 is 0 Å². The third-order valence-corrected chi connectivity index (χ3v) is 5.52. The van der Waals surface area contributed by atoms with Gasteiger partial charge in [-0.1, -0.05) is 26.0 Å². The molecule has 2 saturated heterocycles. The Bertz CT molecular complexity index is 683. The maximum Gasteiger partial charge on any atom is 0.226 e. The van der Waals surface area contributed by atoms with Gasteiger partial charge in [0.05, 0.1) is 19.8 Å². The first kappa shape index (κ1) is 21.6. The van der Waals surface area contributed by atoms with E-state index in [4.69, 9.17) is 9.73 Å². The number of carbonyl (C=O) groups is 1. The van der Waals surface area contributed by atoms with Crippen LogP contribution in [0.3, 0.4) is 0 Å². The summed E-state index contributed by atoms with van der Waals surface area (Å²) in [7, 11) is 0. The molecule has 1 aromatic rings. The number of aliphatic imine (C=N–C) groups is 1. The highest BCUT2D eigenvalue weighted by Gasteiger charge is 2.30. The number of amides is 1. The minimum atomic E-state index is -0.0243. The normalized spacial score (nSPS) is 20.9. The second-order valence-electron chi connectivity index (χ2n) is 8.05. The van der Waals surface area contributed by atoms with Gasteiger partial charge in [-0.25, -0.2) is 4.99 Å². The summed E-state index contributed by atoms with van der Waals surface area (Å²) in [6.07, 6.45) is 1.18. The summed E-state index contributed by atoms with van der Waals surface area (Å²) in [4.78, 5) is 21.6. The zero-order valence-corrected chi connectivity index (χ0v) is 18.0. The number of hydrogen-bond donors (Lipinski definition) is 2. The largest absolute Gasteiger partial charge is 0.379 e. The Morgan fingerprint density at radius 2 is 1.93 bits per heavy atom. The molecule has 0 spiro atoms. The summed E-state index contributed by atoms with van der Waals surface area (Å²) >= 11 is 0. The number of carbonyl (C=O) groups excluding carboxylic acids is 1. The van der Waals surface area contributed by atoms with Crippen molar-refractivity contribution in [1.29, 1.82) is 0 Å². The molecular formula is C22H35N5O2. The summed E-state index contributed by atoms with van der Waals surface area (Å²) in [5.41, 5.74) is 1.96. The van der Waals surface area contributed by atoms with Gasteiger partial charge in [0.2, 0.25) is 5.91 Å². The van der Waals surface area contributed by atoms with Gasteiger partial charge < -0.3 is 20.3 Å². The van der Waals surface area contributed by atoms with Crippen LogP contribution in [0.15, 0.2) is 29.3 Å². The van der Waals surface area contributed by atoms with Crippen LogP contribution in [0, 0.1) is 5.92 Å². The Morgan fingerprint density at radius 3 is 2.59 bits per heavy atom. The zero-order chi connectivity index (χ0) is 20.6. The first-order chi connectivity index (χ1) is 14.1. The van der Waals surface area contributed by atoms with Crippen LogP contribution in [0.4, 0.5) is 5.69 Å². The lowest BCUT2D eigenvalue weighted by atomic mass is 10.2. The molecule has 3 rings (SSSR count). The lowest BCUT2D eigenvalue weighted by Gasteiger charge is -2.32. The van der Waals surface area contributed by atoms with Crippen LogP contribution < -0.4 is 10.6 Å². The van der Waals surface area contributed by atoms with E-state index in [9.17, 15) is 4.79 Å². The Hall–Kier alpha value is -2.12. The highest BCUT2D eigenvalue weighted by molar-refractivity contribution is 5.92. The SMILES string of the molecule is CCNC(=NCc1ccc(NC(=O)C(C)C)cc1)N1CCC(N2CCOCC2)C1. The van der Waals surface area contributed by atoms with Crippen LogP contribution >= 0.6 is 0 Å². The molecule has 29 heavy (non-hydrogen) atoms. The number of hydrogen-bond acceptors (Lipinski definition) is 4. The minimum Gasteiger partial charge on any atom is -0.379 e. The van der Waals surface area contributed by atoms with Gasteiger partial charge >= 0.3 is 0 Å². The molecule has 1 unspecified atom stereocenters. The molecule has 7 nitrogen and oxygen atoms in total. The van der Waals surface area contributed by atoms with Gasteiger partial charge in [-0.2, -0.15) is 0 Å². The second kappa shape index (κ2) is 10.6. The monoisotopic (exact) mass is 401 g/mol. The predicted octanol–water partition coefficient (Wildman–Crippen LogP) is 2.15. The van der Waals surface area contributed by atoms with Crippen molar-refractivity contribution in [3.63, 3.8) is 0 Å². The molecule has 0 bridgehead atoms. The third-order valence-electron chi connectivity index (χ3n) is 5.52. The van der Waals surface area contributed by atoms with Crippen LogP contribution in [-0.4, -0.2) is 73.6 Å². The fraction of sp³-hybridized carbons (Fsp3) is 0.636. The van der Waals surface area contributed by atoms with Crippen molar-refractivity contribution in [1.82, 2.24) is 15.1 Å². The van der Waals surface area contributed by atoms with Crippen LogP contribution in [0.2, 0.25) is 0 Å². The molecule has 1 aromatic carbocycles. The van der Waals surface area contributed by atoms with E-state index in [2.05, 4.69) is 27.4 Å². The van der Waals surface area contributed by atoms with Crippen LogP contribution in [0.25, 0.3) is 0 Å². The molecule has 2 heterocycles. The van der Waals surface area contributed by atoms with E-state index in [0.717, 1.165) is 63.1 Å². The Balaban J connectivity index is 1.57. The Kier molecular flexibility index (Phi) is 7.89. The number of nitrogens with zero attached hydrogens (tertiary/aromatic N) is 3. The van der Waals surface area contributed by atoms with Gasteiger partial charge in [-0.05, 0) is 31.0 Å². The second-order valence-corrected chi connectivity index (χ2v) is 8.05. The fourth-order valence-electron chi connectivity index (χ4n) is 3.75. The van der Waals surface area contributed by atoms with E-state index in [0.29, 0.717) is 12.6 Å². The Morgan fingerprint density at radius 1 is 1.21 bits per heavy atom. The van der Waals surface area contributed by atoms with Gasteiger partial charge in [-0.3, -0.25) is 9.69 Å². The molecular weight excluding hydrogens is 366 g/mol. The molecule has 1 atom stereocenters. The lowest BCUT2D eigenvalue weighted by Crippen LogP contribution is -2.46. The van der Waals surface area contributed by atoms with Gasteiger partial charge in [0.15, 0.2) is 5.96 Å². The lowest BCUT2D eigenvalue weighted by molar-refractivity contribution is -0.118. The van der Waals surface area contributed by atoms with Crippen molar-refractivity contribution in [3.05, 3.63) is 29.8 Å². The number of nitrogens with one attached hydrogen (secondary N) is 2. The molecule has 7 heteroatoms. The predicted molar refractivity (Wildman–Crippen MR) is 117 cm³/mol. The smallest absolute Gasteiger partial charge is 0.226 e. The summed E-state index contributed by atoms with van der Waals surface area (Å²) in [5.74, 6) is 0.998. The molecule has 0 aromatic heterocycles. The zero-order valence-electron chi connectivity index (χ0n) is 18.0. The average Bonchev–Trinajstić information content (AvgIpc) is 3.23. The van der Waals surface area contributed by atoms with E-state index in [-0.39, 0.29) is 11.8 Å². The highest BCUT2D eigenvalue weighted by atomic mass is 16.5. The summed E-state index contributed by atoms with van der Waals surface area (Å²) in [6, 6.07) is 8.55. The fourth-order valence-corrected chi connectivity index (χ4v) is 3.75. The van der Waals surface area contributed by atoms with Crippen LogP contribution in [0.5, 0.6) is 0 Å². The summed E-state index contributed by atoms with van der Waals surface area (Å²) in [5, 5.41) is 6.37. The van der Waals surface area contributed by atoms with Gasteiger partial charge in [0.25, 0.3) is 0 Å². The minimum absolute atomic E-state index is 0.0243. The van der Waals surface area contributed by atoms with E-state index in [1.807, 2.05) is 38.1 Å². The van der Waals surface area contributed by atoms with Gasteiger partial charge in [-0.15, -0.1) is 0 Å². The number of anilines is 1. The quantitative estimate of drug-likeness (QED) is 0.565. The number of benzene rings is 1. The van der Waals surface area contributed by atoms with Gasteiger partial charge in [0, 0.05) is 50.4 Å². The molecule has 0 radical (unpaired) electrons.